The molecule has 2 aromatic carbocycles. The number of halogens is 1. The molecule has 0 atom stereocenters. The molecule has 0 saturated heterocycles. The first kappa shape index (κ1) is 28.8. The van der Waals surface area contributed by atoms with E-state index in [9.17, 15) is 4.79 Å². The highest BCUT2D eigenvalue weighted by Gasteiger charge is 2.23. The van der Waals surface area contributed by atoms with Gasteiger partial charge in [0.05, 0.1) is 5.39 Å². The van der Waals surface area contributed by atoms with E-state index in [4.69, 9.17) is 4.42 Å². The Morgan fingerprint density at radius 2 is 1.37 bits per heavy atom. The summed E-state index contributed by atoms with van der Waals surface area (Å²) >= 11 is 0. The molecule has 0 unspecified atom stereocenters. The maximum Gasteiger partial charge on any atom is 0.344 e. The van der Waals surface area contributed by atoms with E-state index in [0.717, 1.165) is 24.1 Å². The van der Waals surface area contributed by atoms with Crippen molar-refractivity contribution in [3.05, 3.63) is 57.7 Å². The standard InChI is InChI=1S/C35H49FO2/c1-3-5-7-9-10-12-13-15-26-17-19-27(20-18-26)29-22-23-30-31-24-21-28(16-14-11-8-6-4-2)33(36)34(31)38-35(37)32(30)25-29/h21-27H,3-20H2,1-2H3. The molecule has 3 aromatic rings. The van der Waals surface area contributed by atoms with Crippen molar-refractivity contribution >= 4 is 21.7 Å². The predicted molar refractivity (Wildman–Crippen MR) is 160 cm³/mol. The first-order valence-corrected chi connectivity index (χ1v) is 15.8. The molecule has 0 radical (unpaired) electrons. The van der Waals surface area contributed by atoms with Crippen LogP contribution >= 0.6 is 0 Å². The fourth-order valence-corrected chi connectivity index (χ4v) is 6.56. The maximum absolute atomic E-state index is 15.3. The van der Waals surface area contributed by atoms with Crippen LogP contribution < -0.4 is 5.63 Å². The van der Waals surface area contributed by atoms with Gasteiger partial charge in [-0.05, 0) is 67.6 Å². The van der Waals surface area contributed by atoms with Crippen LogP contribution in [0.5, 0.6) is 0 Å². The van der Waals surface area contributed by atoms with Gasteiger partial charge in [-0.2, -0.15) is 0 Å². The highest BCUT2D eigenvalue weighted by molar-refractivity contribution is 6.04. The van der Waals surface area contributed by atoms with Crippen LogP contribution in [-0.2, 0) is 6.42 Å². The van der Waals surface area contributed by atoms with Crippen LogP contribution in [0.2, 0.25) is 0 Å². The molecular formula is C35H49FO2. The molecular weight excluding hydrogens is 471 g/mol. The Morgan fingerprint density at radius 1 is 0.737 bits per heavy atom. The zero-order chi connectivity index (χ0) is 26.7. The Labute approximate surface area is 229 Å². The number of aryl methyl sites for hydroxylation is 1. The highest BCUT2D eigenvalue weighted by Crippen LogP contribution is 2.39. The van der Waals surface area contributed by atoms with Gasteiger partial charge in [0.15, 0.2) is 11.4 Å². The molecule has 208 valence electrons. The number of unbranched alkanes of at least 4 members (excludes halogenated alkanes) is 10. The third-order valence-electron chi connectivity index (χ3n) is 9.01. The SMILES string of the molecule is CCCCCCCCCC1CCC(c2ccc3c(c2)c(=O)oc2c(F)c(CCCCCCC)ccc23)CC1. The van der Waals surface area contributed by atoms with Gasteiger partial charge >= 0.3 is 5.63 Å². The first-order chi connectivity index (χ1) is 18.6. The third-order valence-corrected chi connectivity index (χ3v) is 9.01. The fraction of sp³-hybridized carbons (Fsp3) is 0.629. The lowest BCUT2D eigenvalue weighted by molar-refractivity contribution is 0.302. The third kappa shape index (κ3) is 7.48. The topological polar surface area (TPSA) is 30.2 Å². The van der Waals surface area contributed by atoms with Crippen molar-refractivity contribution in [2.45, 2.75) is 135 Å². The molecule has 1 saturated carbocycles. The van der Waals surface area contributed by atoms with Gasteiger partial charge < -0.3 is 4.42 Å². The minimum Gasteiger partial charge on any atom is -0.419 e. The minimum atomic E-state index is -0.416. The Bertz CT molecular complexity index is 1200. The Balaban J connectivity index is 1.37. The van der Waals surface area contributed by atoms with Crippen LogP contribution in [0.3, 0.4) is 0 Å². The van der Waals surface area contributed by atoms with E-state index in [-0.39, 0.29) is 11.4 Å². The fourth-order valence-electron chi connectivity index (χ4n) is 6.56. The molecule has 1 heterocycles. The van der Waals surface area contributed by atoms with Crippen molar-refractivity contribution < 1.29 is 8.81 Å². The predicted octanol–water partition coefficient (Wildman–Crippen LogP) is 11.0. The molecule has 1 aliphatic carbocycles. The number of hydrogen-bond acceptors (Lipinski definition) is 2. The smallest absolute Gasteiger partial charge is 0.344 e. The lowest BCUT2D eigenvalue weighted by Crippen LogP contribution is -2.14. The molecule has 0 bridgehead atoms. The summed E-state index contributed by atoms with van der Waals surface area (Å²) in [4.78, 5) is 13.0. The van der Waals surface area contributed by atoms with Gasteiger partial charge in [0.1, 0.15) is 0 Å². The van der Waals surface area contributed by atoms with E-state index >= 15 is 4.39 Å². The highest BCUT2D eigenvalue weighted by atomic mass is 19.1. The van der Waals surface area contributed by atoms with Crippen LogP contribution in [0, 0.1) is 11.7 Å². The summed E-state index contributed by atoms with van der Waals surface area (Å²) < 4.78 is 20.9. The first-order valence-electron chi connectivity index (χ1n) is 15.8. The van der Waals surface area contributed by atoms with Gasteiger partial charge in [0.2, 0.25) is 0 Å². The van der Waals surface area contributed by atoms with Crippen molar-refractivity contribution in [1.29, 1.82) is 0 Å². The molecule has 1 aromatic heterocycles. The van der Waals surface area contributed by atoms with E-state index in [1.54, 1.807) is 0 Å². The van der Waals surface area contributed by atoms with Crippen molar-refractivity contribution in [2.24, 2.45) is 5.92 Å². The molecule has 1 fully saturated rings. The average Bonchev–Trinajstić information content (AvgIpc) is 2.94. The summed E-state index contributed by atoms with van der Waals surface area (Å²) in [7, 11) is 0. The van der Waals surface area contributed by atoms with E-state index in [2.05, 4.69) is 19.9 Å². The normalized spacial score (nSPS) is 18.0. The zero-order valence-corrected chi connectivity index (χ0v) is 24.0. The van der Waals surface area contributed by atoms with E-state index < -0.39 is 5.63 Å². The Hall–Kier alpha value is -2.16. The number of benzene rings is 2. The van der Waals surface area contributed by atoms with Crippen LogP contribution in [0.15, 0.2) is 39.5 Å². The average molecular weight is 521 g/mol. The monoisotopic (exact) mass is 520 g/mol. The molecule has 0 N–H and O–H groups in total. The molecule has 1 aliphatic rings. The minimum absolute atomic E-state index is 0.118. The zero-order valence-electron chi connectivity index (χ0n) is 24.0. The van der Waals surface area contributed by atoms with Gasteiger partial charge in [0, 0.05) is 10.8 Å². The summed E-state index contributed by atoms with van der Waals surface area (Å²) in [5, 5.41) is 2.10. The largest absolute Gasteiger partial charge is 0.419 e. The molecule has 2 nitrogen and oxygen atoms in total. The summed E-state index contributed by atoms with van der Waals surface area (Å²) in [6.45, 7) is 4.47. The second-order valence-electron chi connectivity index (χ2n) is 11.9. The number of rotatable bonds is 15. The molecule has 38 heavy (non-hydrogen) atoms. The number of fused-ring (bicyclic) bond motifs is 3. The van der Waals surface area contributed by atoms with Crippen molar-refractivity contribution in [1.82, 2.24) is 0 Å². The van der Waals surface area contributed by atoms with Gasteiger partial charge in [-0.3, -0.25) is 0 Å². The molecule has 0 amide bonds. The van der Waals surface area contributed by atoms with Crippen molar-refractivity contribution in [3.8, 4) is 0 Å². The van der Waals surface area contributed by atoms with Crippen LogP contribution in [0.1, 0.15) is 140 Å². The summed E-state index contributed by atoms with van der Waals surface area (Å²) in [6, 6.07) is 10.1. The molecule has 3 heteroatoms. The van der Waals surface area contributed by atoms with E-state index in [1.165, 1.54) is 102 Å². The van der Waals surface area contributed by atoms with Gasteiger partial charge in [-0.15, -0.1) is 0 Å². The van der Waals surface area contributed by atoms with Crippen LogP contribution in [0.25, 0.3) is 21.7 Å². The lowest BCUT2D eigenvalue weighted by atomic mass is 9.76. The second kappa shape index (κ2) is 14.8. The van der Waals surface area contributed by atoms with Crippen molar-refractivity contribution in [2.75, 3.05) is 0 Å². The summed E-state index contributed by atoms with van der Waals surface area (Å²) in [5.74, 6) is 1.01. The van der Waals surface area contributed by atoms with Crippen LogP contribution in [-0.4, -0.2) is 0 Å². The maximum atomic E-state index is 15.3. The van der Waals surface area contributed by atoms with Crippen LogP contribution in [0.4, 0.5) is 4.39 Å². The second-order valence-corrected chi connectivity index (χ2v) is 11.9. The summed E-state index contributed by atoms with van der Waals surface area (Å²) in [6.07, 6.45) is 22.4. The molecule has 0 spiro atoms. The van der Waals surface area contributed by atoms with E-state index in [0.29, 0.717) is 28.7 Å². The Kier molecular flexibility index (Phi) is 11.3. The van der Waals surface area contributed by atoms with Gasteiger partial charge in [-0.1, -0.05) is 115 Å². The van der Waals surface area contributed by atoms with Gasteiger partial charge in [0.25, 0.3) is 0 Å². The van der Waals surface area contributed by atoms with Gasteiger partial charge in [-0.25, -0.2) is 9.18 Å². The Morgan fingerprint density at radius 3 is 2.08 bits per heavy atom. The quantitative estimate of drug-likeness (QED) is 0.113. The number of hydrogen-bond donors (Lipinski definition) is 0. The summed E-state index contributed by atoms with van der Waals surface area (Å²) in [5.41, 5.74) is 1.59. The van der Waals surface area contributed by atoms with E-state index in [1.807, 2.05) is 24.3 Å². The lowest BCUT2D eigenvalue weighted by Gasteiger charge is -2.29. The molecule has 0 aliphatic heterocycles. The molecule has 4 rings (SSSR count). The van der Waals surface area contributed by atoms with Crippen molar-refractivity contribution in [3.63, 3.8) is 0 Å².